The van der Waals surface area contributed by atoms with E-state index < -0.39 is 5.97 Å². The molecular weight excluding hydrogens is 251 g/mol. The first-order valence-electron chi connectivity index (χ1n) is 8.64. The molecule has 0 heterocycles. The van der Waals surface area contributed by atoms with Crippen LogP contribution in [0.25, 0.3) is 0 Å². The van der Waals surface area contributed by atoms with E-state index >= 15 is 0 Å². The smallest absolute Gasteiger partial charge is 0.303 e. The second-order valence-corrected chi connectivity index (χ2v) is 5.73. The van der Waals surface area contributed by atoms with Crippen molar-refractivity contribution in [3.05, 3.63) is 12.2 Å². The molecule has 118 valence electrons. The number of unbranched alkanes of at least 4 members (excludes halogenated alkanes) is 11. The van der Waals surface area contributed by atoms with Crippen molar-refractivity contribution < 1.29 is 9.90 Å². The van der Waals surface area contributed by atoms with Gasteiger partial charge in [-0.1, -0.05) is 70.4 Å². The van der Waals surface area contributed by atoms with E-state index in [0.29, 0.717) is 6.42 Å². The van der Waals surface area contributed by atoms with Gasteiger partial charge in [-0.05, 0) is 32.1 Å². The minimum absolute atomic E-state index is 0.332. The van der Waals surface area contributed by atoms with Crippen LogP contribution in [0, 0.1) is 0 Å². The molecule has 0 rings (SSSR count). The summed E-state index contributed by atoms with van der Waals surface area (Å²) in [6.45, 7) is 2.26. The minimum Gasteiger partial charge on any atom is -0.481 e. The molecule has 0 saturated carbocycles. The fourth-order valence-corrected chi connectivity index (χ4v) is 2.35. The zero-order valence-electron chi connectivity index (χ0n) is 13.4. The molecule has 20 heavy (non-hydrogen) atoms. The SMILES string of the molecule is CCCCCCCC/[13CH]=[13CH]\CCCCCCC[13C](=O)O. The van der Waals surface area contributed by atoms with Gasteiger partial charge in [-0.2, -0.15) is 0 Å². The number of aliphatic carboxylic acids is 1. The molecule has 0 aromatic carbocycles. The molecule has 0 saturated heterocycles. The van der Waals surface area contributed by atoms with E-state index in [2.05, 4.69) is 19.1 Å². The Bertz CT molecular complexity index is 234. The Labute approximate surface area is 125 Å². The summed E-state index contributed by atoms with van der Waals surface area (Å²) in [5, 5.41) is 8.51. The normalized spacial score (nSPS) is 11.2. The van der Waals surface area contributed by atoms with Crippen molar-refractivity contribution in [3.8, 4) is 0 Å². The van der Waals surface area contributed by atoms with E-state index in [4.69, 9.17) is 5.11 Å². The summed E-state index contributed by atoms with van der Waals surface area (Å²) in [5.41, 5.74) is 0. The molecule has 2 heteroatoms. The van der Waals surface area contributed by atoms with Gasteiger partial charge < -0.3 is 5.11 Å². The maximum atomic E-state index is 10.3. The summed E-state index contributed by atoms with van der Waals surface area (Å²) in [5.74, 6) is -0.664. The molecule has 0 atom stereocenters. The average molecular weight is 285 g/mol. The first-order valence-corrected chi connectivity index (χ1v) is 8.64. The number of carboxylic acid groups (broad SMARTS) is 1. The molecule has 0 spiro atoms. The summed E-state index contributed by atoms with van der Waals surface area (Å²) >= 11 is 0. The Morgan fingerprint density at radius 1 is 0.750 bits per heavy atom. The fraction of sp³-hybridized carbons (Fsp3) is 0.833. The van der Waals surface area contributed by atoms with Crippen LogP contribution in [0.15, 0.2) is 12.2 Å². The van der Waals surface area contributed by atoms with Crippen molar-refractivity contribution in [2.75, 3.05) is 0 Å². The largest absolute Gasteiger partial charge is 0.481 e. The predicted octanol–water partition coefficient (Wildman–Crippen LogP) is 6.11. The molecule has 0 fully saturated rings. The van der Waals surface area contributed by atoms with Gasteiger partial charge in [-0.3, -0.25) is 4.79 Å². The van der Waals surface area contributed by atoms with Gasteiger partial charge >= 0.3 is 5.97 Å². The Morgan fingerprint density at radius 2 is 1.20 bits per heavy atom. The molecule has 0 aliphatic heterocycles. The van der Waals surface area contributed by atoms with E-state index in [1.54, 1.807) is 0 Å². The van der Waals surface area contributed by atoms with E-state index in [-0.39, 0.29) is 0 Å². The molecule has 2 nitrogen and oxygen atoms in total. The van der Waals surface area contributed by atoms with Gasteiger partial charge in [-0.15, -0.1) is 0 Å². The molecule has 0 unspecified atom stereocenters. The van der Waals surface area contributed by atoms with Crippen molar-refractivity contribution in [2.24, 2.45) is 0 Å². The number of carbonyl (C=O) groups is 1. The summed E-state index contributed by atoms with van der Waals surface area (Å²) in [6, 6.07) is 0. The molecule has 1 N–H and O–H groups in total. The lowest BCUT2D eigenvalue weighted by Gasteiger charge is -1.99. The summed E-state index contributed by atoms with van der Waals surface area (Å²) in [6.07, 6.45) is 21.2. The second-order valence-electron chi connectivity index (χ2n) is 5.73. The first kappa shape index (κ1) is 19.2. The lowest BCUT2D eigenvalue weighted by molar-refractivity contribution is -0.137. The van der Waals surface area contributed by atoms with E-state index in [0.717, 1.165) is 12.8 Å². The third-order valence-electron chi connectivity index (χ3n) is 3.65. The van der Waals surface area contributed by atoms with Crippen molar-refractivity contribution in [1.82, 2.24) is 0 Å². The molecule has 0 aliphatic rings. The number of hydrogen-bond donors (Lipinski definition) is 1. The van der Waals surface area contributed by atoms with Gasteiger partial charge in [0, 0.05) is 6.42 Å². The molecule has 0 radical (unpaired) electrons. The van der Waals surface area contributed by atoms with Crippen molar-refractivity contribution in [1.29, 1.82) is 0 Å². The third kappa shape index (κ3) is 17.2. The topological polar surface area (TPSA) is 37.3 Å². The van der Waals surface area contributed by atoms with Crippen molar-refractivity contribution in [2.45, 2.75) is 96.8 Å². The quantitative estimate of drug-likeness (QED) is 0.224. The molecular formula is C18H34O2. The number of carboxylic acids is 1. The highest BCUT2D eigenvalue weighted by Crippen LogP contribution is 2.09. The van der Waals surface area contributed by atoms with Gasteiger partial charge in [0.05, 0.1) is 0 Å². The highest BCUT2D eigenvalue weighted by atomic mass is 16.5. The molecule has 0 bridgehead atoms. The van der Waals surface area contributed by atoms with Crippen molar-refractivity contribution >= 4 is 5.97 Å². The van der Waals surface area contributed by atoms with Gasteiger partial charge in [0.1, 0.15) is 0 Å². The minimum atomic E-state index is -0.664. The van der Waals surface area contributed by atoms with Crippen LogP contribution in [0.4, 0.5) is 0 Å². The second kappa shape index (κ2) is 16.3. The summed E-state index contributed by atoms with van der Waals surface area (Å²) < 4.78 is 0. The van der Waals surface area contributed by atoms with E-state index in [9.17, 15) is 4.79 Å². The van der Waals surface area contributed by atoms with Gasteiger partial charge in [0.25, 0.3) is 0 Å². The fourth-order valence-electron chi connectivity index (χ4n) is 2.35. The van der Waals surface area contributed by atoms with Gasteiger partial charge in [-0.25, -0.2) is 0 Å². The van der Waals surface area contributed by atoms with Gasteiger partial charge in [0.15, 0.2) is 0 Å². The zero-order chi connectivity index (χ0) is 14.9. The Balaban J connectivity index is 3.07. The predicted molar refractivity (Wildman–Crippen MR) is 87.1 cm³/mol. The number of rotatable bonds is 15. The highest BCUT2D eigenvalue weighted by molar-refractivity contribution is 5.66. The van der Waals surface area contributed by atoms with Gasteiger partial charge in [0.2, 0.25) is 0 Å². The Hall–Kier alpha value is -0.790. The summed E-state index contributed by atoms with van der Waals surface area (Å²) in [4.78, 5) is 10.3. The van der Waals surface area contributed by atoms with Crippen molar-refractivity contribution in [3.63, 3.8) is 0 Å². The lowest BCUT2D eigenvalue weighted by atomic mass is 10.1. The highest BCUT2D eigenvalue weighted by Gasteiger charge is 1.95. The monoisotopic (exact) mass is 285 g/mol. The van der Waals surface area contributed by atoms with Crippen LogP contribution in [0.3, 0.4) is 0 Å². The molecule has 0 aliphatic carbocycles. The lowest BCUT2D eigenvalue weighted by Crippen LogP contribution is -1.93. The Morgan fingerprint density at radius 3 is 1.70 bits per heavy atom. The number of allylic oxidation sites excluding steroid dienone is 2. The molecule has 0 aromatic heterocycles. The Kier molecular flexibility index (Phi) is 15.6. The third-order valence-corrected chi connectivity index (χ3v) is 3.65. The molecule has 0 amide bonds. The maximum Gasteiger partial charge on any atom is 0.303 e. The van der Waals surface area contributed by atoms with Crippen LogP contribution < -0.4 is 0 Å². The van der Waals surface area contributed by atoms with Crippen LogP contribution in [0.1, 0.15) is 96.8 Å². The van der Waals surface area contributed by atoms with E-state index in [1.165, 1.54) is 70.6 Å². The summed E-state index contributed by atoms with van der Waals surface area (Å²) in [7, 11) is 0. The van der Waals surface area contributed by atoms with Crippen LogP contribution >= 0.6 is 0 Å². The molecule has 0 aromatic rings. The van der Waals surface area contributed by atoms with Crippen LogP contribution in [0.5, 0.6) is 0 Å². The van der Waals surface area contributed by atoms with Crippen LogP contribution in [-0.2, 0) is 4.79 Å². The average Bonchev–Trinajstić information content (AvgIpc) is 2.43. The number of hydrogen-bond acceptors (Lipinski definition) is 1. The van der Waals surface area contributed by atoms with Crippen LogP contribution in [-0.4, -0.2) is 11.1 Å². The standard InChI is InChI=1S/C18H34O2/c1-2-3-4-5-6-7-8-9-10-11-12-13-14-15-16-17-18(19)20/h9-10H,2-8,11-17H2,1H3,(H,19,20)/b10-9-/i9+1,10+1,18+1. The van der Waals surface area contributed by atoms with Crippen LogP contribution in [0.2, 0.25) is 0 Å². The zero-order valence-corrected chi connectivity index (χ0v) is 13.4. The first-order chi connectivity index (χ1) is 9.77. The maximum absolute atomic E-state index is 10.3. The van der Waals surface area contributed by atoms with E-state index in [1.807, 2.05) is 0 Å².